The summed E-state index contributed by atoms with van der Waals surface area (Å²) in [5.41, 5.74) is -0.114. The SMILES string of the molecule is CCC(C)(C)C(=O)CCCC[N+](C)(C)C. The summed E-state index contributed by atoms with van der Waals surface area (Å²) in [6.07, 6.45) is 3.88. The third kappa shape index (κ3) is 6.67. The second-order valence-electron chi connectivity index (χ2n) is 6.13. The van der Waals surface area contributed by atoms with E-state index in [0.717, 1.165) is 36.7 Å². The van der Waals surface area contributed by atoms with E-state index < -0.39 is 0 Å². The first-order chi connectivity index (χ1) is 6.69. The van der Waals surface area contributed by atoms with Crippen LogP contribution in [-0.4, -0.2) is 38.0 Å². The fourth-order valence-electron chi connectivity index (χ4n) is 1.41. The van der Waals surface area contributed by atoms with E-state index in [4.69, 9.17) is 0 Å². The summed E-state index contributed by atoms with van der Waals surface area (Å²) in [7, 11) is 6.58. The number of carbonyl (C=O) groups is 1. The Morgan fingerprint density at radius 2 is 1.67 bits per heavy atom. The molecule has 2 nitrogen and oxygen atoms in total. The van der Waals surface area contributed by atoms with Gasteiger partial charge in [-0.2, -0.15) is 0 Å². The largest absolute Gasteiger partial charge is 0.331 e. The minimum absolute atomic E-state index is 0.114. The maximum absolute atomic E-state index is 11.8. The van der Waals surface area contributed by atoms with Crippen LogP contribution in [0.3, 0.4) is 0 Å². The molecular weight excluding hydrogens is 186 g/mol. The van der Waals surface area contributed by atoms with Gasteiger partial charge in [0, 0.05) is 11.8 Å². The number of ketones is 1. The number of quaternary nitrogens is 1. The van der Waals surface area contributed by atoms with Crippen LogP contribution < -0.4 is 0 Å². The standard InChI is InChI=1S/C13H28NO/c1-7-13(2,3)12(15)10-8-9-11-14(4,5)6/h7-11H2,1-6H3/q+1. The monoisotopic (exact) mass is 214 g/mol. The van der Waals surface area contributed by atoms with Crippen molar-refractivity contribution in [2.45, 2.75) is 46.5 Å². The maximum Gasteiger partial charge on any atom is 0.138 e. The maximum atomic E-state index is 11.8. The Balaban J connectivity index is 3.74. The topological polar surface area (TPSA) is 17.1 Å². The van der Waals surface area contributed by atoms with Crippen molar-refractivity contribution in [3.63, 3.8) is 0 Å². The first-order valence-corrected chi connectivity index (χ1v) is 6.03. The van der Waals surface area contributed by atoms with Crippen molar-refractivity contribution in [3.05, 3.63) is 0 Å². The van der Waals surface area contributed by atoms with Crippen molar-refractivity contribution in [2.24, 2.45) is 5.41 Å². The van der Waals surface area contributed by atoms with E-state index in [9.17, 15) is 4.79 Å². The fraction of sp³-hybridized carbons (Fsp3) is 0.923. The van der Waals surface area contributed by atoms with Gasteiger partial charge in [0.1, 0.15) is 5.78 Å². The van der Waals surface area contributed by atoms with Crippen LogP contribution in [0.25, 0.3) is 0 Å². The second kappa shape index (κ2) is 5.64. The summed E-state index contributed by atoms with van der Waals surface area (Å²) >= 11 is 0. The Morgan fingerprint density at radius 1 is 1.13 bits per heavy atom. The van der Waals surface area contributed by atoms with Crippen LogP contribution in [0, 0.1) is 5.41 Å². The highest BCUT2D eigenvalue weighted by atomic mass is 16.1. The van der Waals surface area contributed by atoms with E-state index in [1.165, 1.54) is 0 Å². The molecule has 0 radical (unpaired) electrons. The third-order valence-electron chi connectivity index (χ3n) is 3.12. The van der Waals surface area contributed by atoms with Crippen LogP contribution in [0.15, 0.2) is 0 Å². The lowest BCUT2D eigenvalue weighted by molar-refractivity contribution is -0.870. The zero-order chi connectivity index (χ0) is 12.1. The van der Waals surface area contributed by atoms with Gasteiger partial charge < -0.3 is 4.48 Å². The van der Waals surface area contributed by atoms with Crippen molar-refractivity contribution in [3.8, 4) is 0 Å². The average molecular weight is 214 g/mol. The molecule has 0 aliphatic heterocycles. The van der Waals surface area contributed by atoms with Gasteiger partial charge >= 0.3 is 0 Å². The second-order valence-corrected chi connectivity index (χ2v) is 6.13. The van der Waals surface area contributed by atoms with Crippen LogP contribution in [0.5, 0.6) is 0 Å². The molecule has 0 rings (SSSR count). The lowest BCUT2D eigenvalue weighted by Crippen LogP contribution is -2.35. The van der Waals surface area contributed by atoms with E-state index in [0.29, 0.717) is 5.78 Å². The van der Waals surface area contributed by atoms with Gasteiger partial charge in [0.05, 0.1) is 27.7 Å². The molecule has 0 atom stereocenters. The van der Waals surface area contributed by atoms with Gasteiger partial charge in [0.2, 0.25) is 0 Å². The Kier molecular flexibility index (Phi) is 5.50. The molecule has 0 aromatic heterocycles. The molecular formula is C13H28NO+. The van der Waals surface area contributed by atoms with E-state index in [1.54, 1.807) is 0 Å². The Morgan fingerprint density at radius 3 is 2.07 bits per heavy atom. The van der Waals surface area contributed by atoms with Crippen LogP contribution in [0.1, 0.15) is 46.5 Å². The first-order valence-electron chi connectivity index (χ1n) is 6.03. The minimum Gasteiger partial charge on any atom is -0.331 e. The predicted molar refractivity (Wildman–Crippen MR) is 65.8 cm³/mol. The molecule has 0 amide bonds. The molecule has 2 heteroatoms. The Hall–Kier alpha value is -0.370. The number of hydrogen-bond acceptors (Lipinski definition) is 1. The lowest BCUT2D eigenvalue weighted by Gasteiger charge is -2.24. The van der Waals surface area contributed by atoms with Crippen LogP contribution in [0.4, 0.5) is 0 Å². The van der Waals surface area contributed by atoms with Crippen LogP contribution in [0.2, 0.25) is 0 Å². The lowest BCUT2D eigenvalue weighted by atomic mass is 9.83. The summed E-state index contributed by atoms with van der Waals surface area (Å²) in [6.45, 7) is 7.34. The highest BCUT2D eigenvalue weighted by Gasteiger charge is 2.24. The zero-order valence-corrected chi connectivity index (χ0v) is 11.4. The van der Waals surface area contributed by atoms with Gasteiger partial charge in [-0.15, -0.1) is 0 Å². The number of Topliss-reactive ketones (excluding diaryl/α,β-unsaturated/α-hetero) is 1. The molecule has 0 heterocycles. The molecule has 0 aromatic rings. The fourth-order valence-corrected chi connectivity index (χ4v) is 1.41. The first kappa shape index (κ1) is 14.6. The number of nitrogens with zero attached hydrogens (tertiary/aromatic N) is 1. The van der Waals surface area contributed by atoms with Gasteiger partial charge in [-0.25, -0.2) is 0 Å². The number of carbonyl (C=O) groups excluding carboxylic acids is 1. The van der Waals surface area contributed by atoms with Crippen molar-refractivity contribution in [1.82, 2.24) is 0 Å². The van der Waals surface area contributed by atoms with Crippen LogP contribution in [-0.2, 0) is 4.79 Å². The van der Waals surface area contributed by atoms with Crippen molar-refractivity contribution in [2.75, 3.05) is 27.7 Å². The number of hydrogen-bond donors (Lipinski definition) is 0. The molecule has 0 spiro atoms. The van der Waals surface area contributed by atoms with Gasteiger partial charge in [-0.1, -0.05) is 20.8 Å². The van der Waals surface area contributed by atoms with Gasteiger partial charge in [0.25, 0.3) is 0 Å². The summed E-state index contributed by atoms with van der Waals surface area (Å²) in [6, 6.07) is 0. The molecule has 0 bridgehead atoms. The molecule has 0 saturated carbocycles. The summed E-state index contributed by atoms with van der Waals surface area (Å²) in [4.78, 5) is 11.8. The number of rotatable bonds is 7. The molecule has 0 N–H and O–H groups in total. The quantitative estimate of drug-likeness (QED) is 0.470. The molecule has 0 aliphatic carbocycles. The summed E-state index contributed by atoms with van der Waals surface area (Å²) in [5, 5.41) is 0. The predicted octanol–water partition coefficient (Wildman–Crippen LogP) is 2.87. The van der Waals surface area contributed by atoms with Gasteiger partial charge in [0.15, 0.2) is 0 Å². The van der Waals surface area contributed by atoms with Gasteiger partial charge in [-0.05, 0) is 19.3 Å². The Bertz CT molecular complexity index is 201. The Labute approximate surface area is 95.2 Å². The third-order valence-corrected chi connectivity index (χ3v) is 3.12. The van der Waals surface area contributed by atoms with E-state index >= 15 is 0 Å². The van der Waals surface area contributed by atoms with E-state index in [2.05, 4.69) is 41.9 Å². The normalized spacial score (nSPS) is 12.9. The highest BCUT2D eigenvalue weighted by Crippen LogP contribution is 2.23. The zero-order valence-electron chi connectivity index (χ0n) is 11.4. The molecule has 0 saturated heterocycles. The molecule has 0 aliphatic rings. The van der Waals surface area contributed by atoms with E-state index in [1.807, 2.05) is 0 Å². The molecule has 90 valence electrons. The number of unbranched alkanes of at least 4 members (excludes halogenated alkanes) is 1. The van der Waals surface area contributed by atoms with Crippen molar-refractivity contribution in [1.29, 1.82) is 0 Å². The molecule has 0 fully saturated rings. The van der Waals surface area contributed by atoms with Crippen molar-refractivity contribution >= 4 is 5.78 Å². The molecule has 0 aromatic carbocycles. The van der Waals surface area contributed by atoms with Crippen molar-refractivity contribution < 1.29 is 9.28 Å². The van der Waals surface area contributed by atoms with E-state index in [-0.39, 0.29) is 5.41 Å². The summed E-state index contributed by atoms with van der Waals surface area (Å²) in [5.74, 6) is 0.423. The molecule has 0 unspecified atom stereocenters. The highest BCUT2D eigenvalue weighted by molar-refractivity contribution is 5.83. The van der Waals surface area contributed by atoms with Gasteiger partial charge in [-0.3, -0.25) is 4.79 Å². The molecule has 15 heavy (non-hydrogen) atoms. The smallest absolute Gasteiger partial charge is 0.138 e. The average Bonchev–Trinajstić information content (AvgIpc) is 2.10. The minimum atomic E-state index is -0.114. The summed E-state index contributed by atoms with van der Waals surface area (Å²) < 4.78 is 0.991. The van der Waals surface area contributed by atoms with Crippen LogP contribution >= 0.6 is 0 Å².